The first kappa shape index (κ1) is 15.0. The second kappa shape index (κ2) is 7.38. The Morgan fingerprint density at radius 1 is 1.39 bits per heavy atom. The number of amidine groups is 1. The first-order chi connectivity index (χ1) is 8.58. The van der Waals surface area contributed by atoms with Crippen LogP contribution in [0.2, 0.25) is 0 Å². The van der Waals surface area contributed by atoms with Crippen LogP contribution in [0.5, 0.6) is 5.75 Å². The molecule has 0 amide bonds. The molecule has 0 radical (unpaired) electrons. The average molecular weight is 314 g/mol. The number of rotatable bonds is 7. The van der Waals surface area contributed by atoms with Crippen molar-refractivity contribution >= 4 is 21.8 Å². The van der Waals surface area contributed by atoms with Gasteiger partial charge in [-0.15, -0.1) is 0 Å². The summed E-state index contributed by atoms with van der Waals surface area (Å²) in [5, 5.41) is 7.36. The lowest BCUT2D eigenvalue weighted by Crippen LogP contribution is -2.27. The molecule has 18 heavy (non-hydrogen) atoms. The van der Waals surface area contributed by atoms with E-state index in [1.165, 1.54) is 0 Å². The van der Waals surface area contributed by atoms with Crippen LogP contribution in [0.15, 0.2) is 22.7 Å². The third-order valence-electron chi connectivity index (χ3n) is 2.80. The van der Waals surface area contributed by atoms with E-state index in [0.717, 1.165) is 29.9 Å². The Balaban J connectivity index is 2.55. The number of nitrogens with zero attached hydrogens (tertiary/aromatic N) is 1. The topological polar surface area (TPSA) is 62.3 Å². The van der Waals surface area contributed by atoms with Crippen molar-refractivity contribution in [3.63, 3.8) is 0 Å². The average Bonchev–Trinajstić information content (AvgIpc) is 2.36. The third-order valence-corrected chi connectivity index (χ3v) is 3.42. The molecule has 0 aliphatic rings. The Morgan fingerprint density at radius 2 is 2.06 bits per heavy atom. The van der Waals surface area contributed by atoms with E-state index in [9.17, 15) is 0 Å². The minimum Gasteiger partial charge on any atom is -0.491 e. The molecule has 0 aromatic heterocycles. The summed E-state index contributed by atoms with van der Waals surface area (Å²) >= 11 is 3.43. The Morgan fingerprint density at radius 3 is 2.56 bits per heavy atom. The fraction of sp³-hybridized carbons (Fsp3) is 0.462. The van der Waals surface area contributed by atoms with Gasteiger partial charge in [-0.2, -0.15) is 0 Å². The van der Waals surface area contributed by atoms with Gasteiger partial charge in [-0.3, -0.25) is 5.41 Å². The molecule has 0 aliphatic carbocycles. The van der Waals surface area contributed by atoms with E-state index >= 15 is 0 Å². The number of halogens is 1. The summed E-state index contributed by atoms with van der Waals surface area (Å²) in [6, 6.07) is 5.43. The quantitative estimate of drug-likeness (QED) is 0.600. The molecule has 1 aromatic carbocycles. The minimum atomic E-state index is 0.0605. The molecule has 0 heterocycles. The smallest absolute Gasteiger partial charge is 0.133 e. The SMILES string of the molecule is CCN(CC)CCOc1ccc(C(=N)N)cc1Br. The summed E-state index contributed by atoms with van der Waals surface area (Å²) in [7, 11) is 0. The van der Waals surface area contributed by atoms with E-state index in [1.807, 2.05) is 6.07 Å². The van der Waals surface area contributed by atoms with E-state index in [2.05, 4.69) is 34.7 Å². The molecule has 1 aromatic rings. The molecule has 0 atom stereocenters. The number of ether oxygens (including phenoxy) is 1. The van der Waals surface area contributed by atoms with Crippen LogP contribution >= 0.6 is 15.9 Å². The third kappa shape index (κ3) is 4.31. The molecule has 100 valence electrons. The molecular weight excluding hydrogens is 294 g/mol. The molecule has 0 bridgehead atoms. The maximum absolute atomic E-state index is 7.36. The van der Waals surface area contributed by atoms with Gasteiger partial charge < -0.3 is 15.4 Å². The van der Waals surface area contributed by atoms with Crippen molar-refractivity contribution in [2.24, 2.45) is 5.73 Å². The predicted molar refractivity (Wildman–Crippen MR) is 78.4 cm³/mol. The van der Waals surface area contributed by atoms with Crippen molar-refractivity contribution in [3.05, 3.63) is 28.2 Å². The van der Waals surface area contributed by atoms with Crippen LogP contribution in [0, 0.1) is 5.41 Å². The second-order valence-electron chi connectivity index (χ2n) is 3.93. The van der Waals surface area contributed by atoms with E-state index in [-0.39, 0.29) is 5.84 Å². The van der Waals surface area contributed by atoms with Crippen molar-refractivity contribution in [1.82, 2.24) is 4.90 Å². The van der Waals surface area contributed by atoms with Crippen LogP contribution in [0.1, 0.15) is 19.4 Å². The molecule has 0 aliphatic heterocycles. The Bertz CT molecular complexity index is 405. The molecule has 3 N–H and O–H groups in total. The number of hydrogen-bond acceptors (Lipinski definition) is 3. The molecule has 0 fully saturated rings. The van der Waals surface area contributed by atoms with E-state index in [0.29, 0.717) is 12.2 Å². The predicted octanol–water partition coefficient (Wildman–Crippen LogP) is 2.45. The highest BCUT2D eigenvalue weighted by Crippen LogP contribution is 2.25. The summed E-state index contributed by atoms with van der Waals surface area (Å²) in [6.45, 7) is 7.91. The molecule has 0 unspecified atom stereocenters. The van der Waals surface area contributed by atoms with Gasteiger partial charge in [0.1, 0.15) is 18.2 Å². The van der Waals surface area contributed by atoms with Gasteiger partial charge in [-0.05, 0) is 47.2 Å². The van der Waals surface area contributed by atoms with Crippen molar-refractivity contribution in [3.8, 4) is 5.75 Å². The summed E-state index contributed by atoms with van der Waals surface area (Å²) in [5.41, 5.74) is 6.12. The zero-order valence-corrected chi connectivity index (χ0v) is 12.5. The molecular formula is C13H20BrN3O. The summed E-state index contributed by atoms with van der Waals surface area (Å²) in [6.07, 6.45) is 0. The monoisotopic (exact) mass is 313 g/mol. The minimum absolute atomic E-state index is 0.0605. The number of nitrogens with one attached hydrogen (secondary N) is 1. The van der Waals surface area contributed by atoms with Crippen LogP contribution in [-0.4, -0.2) is 37.0 Å². The standard InChI is InChI=1S/C13H20BrN3O/c1-3-17(4-2)7-8-18-12-6-5-10(13(15)16)9-11(12)14/h5-6,9H,3-4,7-8H2,1-2H3,(H3,15,16). The zero-order valence-electron chi connectivity index (χ0n) is 10.9. The van der Waals surface area contributed by atoms with E-state index < -0.39 is 0 Å². The van der Waals surface area contributed by atoms with Crippen molar-refractivity contribution in [2.75, 3.05) is 26.2 Å². The Kier molecular flexibility index (Phi) is 6.15. The Hall–Kier alpha value is -1.07. The van der Waals surface area contributed by atoms with Crippen molar-refractivity contribution < 1.29 is 4.74 Å². The summed E-state index contributed by atoms with van der Waals surface area (Å²) < 4.78 is 6.53. The molecule has 5 heteroatoms. The maximum atomic E-state index is 7.36. The maximum Gasteiger partial charge on any atom is 0.133 e. The normalized spacial score (nSPS) is 10.7. The molecule has 0 saturated carbocycles. The van der Waals surface area contributed by atoms with Crippen LogP contribution in [-0.2, 0) is 0 Å². The van der Waals surface area contributed by atoms with Crippen LogP contribution in [0.3, 0.4) is 0 Å². The van der Waals surface area contributed by atoms with Gasteiger partial charge in [0.25, 0.3) is 0 Å². The van der Waals surface area contributed by atoms with Gasteiger partial charge in [0.2, 0.25) is 0 Å². The highest BCUT2D eigenvalue weighted by atomic mass is 79.9. The van der Waals surface area contributed by atoms with Crippen LogP contribution < -0.4 is 10.5 Å². The Labute approximate surface area is 117 Å². The highest BCUT2D eigenvalue weighted by Gasteiger charge is 2.05. The van der Waals surface area contributed by atoms with Gasteiger partial charge in [0, 0.05) is 12.1 Å². The van der Waals surface area contributed by atoms with E-state index in [4.69, 9.17) is 15.9 Å². The number of likely N-dealkylation sites (N-methyl/N-ethyl adjacent to an activating group) is 1. The number of nitrogen functional groups attached to an aromatic ring is 1. The fourth-order valence-electron chi connectivity index (χ4n) is 1.61. The second-order valence-corrected chi connectivity index (χ2v) is 4.79. The lowest BCUT2D eigenvalue weighted by atomic mass is 10.2. The highest BCUT2D eigenvalue weighted by molar-refractivity contribution is 9.10. The molecule has 0 spiro atoms. The molecule has 4 nitrogen and oxygen atoms in total. The number of hydrogen-bond donors (Lipinski definition) is 2. The number of nitrogens with two attached hydrogens (primary N) is 1. The zero-order chi connectivity index (χ0) is 13.5. The fourth-order valence-corrected chi connectivity index (χ4v) is 2.10. The van der Waals surface area contributed by atoms with Crippen molar-refractivity contribution in [2.45, 2.75) is 13.8 Å². The van der Waals surface area contributed by atoms with Gasteiger partial charge in [-0.25, -0.2) is 0 Å². The first-order valence-corrected chi connectivity index (χ1v) is 6.86. The van der Waals surface area contributed by atoms with E-state index in [1.54, 1.807) is 12.1 Å². The van der Waals surface area contributed by atoms with Crippen molar-refractivity contribution in [1.29, 1.82) is 5.41 Å². The van der Waals surface area contributed by atoms with Crippen LogP contribution in [0.25, 0.3) is 0 Å². The summed E-state index contributed by atoms with van der Waals surface area (Å²) in [4.78, 5) is 2.30. The van der Waals surface area contributed by atoms with Gasteiger partial charge >= 0.3 is 0 Å². The van der Waals surface area contributed by atoms with Gasteiger partial charge in [0.05, 0.1) is 4.47 Å². The number of benzene rings is 1. The van der Waals surface area contributed by atoms with Gasteiger partial charge in [-0.1, -0.05) is 13.8 Å². The lowest BCUT2D eigenvalue weighted by molar-refractivity contribution is 0.222. The van der Waals surface area contributed by atoms with Crippen LogP contribution in [0.4, 0.5) is 0 Å². The lowest BCUT2D eigenvalue weighted by Gasteiger charge is -2.18. The van der Waals surface area contributed by atoms with Gasteiger partial charge in [0.15, 0.2) is 0 Å². The summed E-state index contributed by atoms with van der Waals surface area (Å²) in [5.74, 6) is 0.845. The largest absolute Gasteiger partial charge is 0.491 e. The molecule has 1 rings (SSSR count). The first-order valence-electron chi connectivity index (χ1n) is 6.07. The molecule has 0 saturated heterocycles.